The molecule has 10 nitrogen and oxygen atoms in total. The highest BCUT2D eigenvalue weighted by molar-refractivity contribution is 7.99. The molecule has 0 saturated heterocycles. The summed E-state index contributed by atoms with van der Waals surface area (Å²) in [6.07, 6.45) is 4.76. The summed E-state index contributed by atoms with van der Waals surface area (Å²) >= 11 is 2.74. The van der Waals surface area contributed by atoms with E-state index in [9.17, 15) is 14.4 Å². The summed E-state index contributed by atoms with van der Waals surface area (Å²) in [4.78, 5) is 39.8. The molecule has 1 aliphatic carbocycles. The van der Waals surface area contributed by atoms with Crippen LogP contribution in [-0.4, -0.2) is 52.0 Å². The van der Waals surface area contributed by atoms with Crippen molar-refractivity contribution in [1.29, 1.82) is 0 Å². The molecule has 0 radical (unpaired) electrons. The zero-order valence-electron chi connectivity index (χ0n) is 25.5. The van der Waals surface area contributed by atoms with Crippen molar-refractivity contribution in [2.24, 2.45) is 0 Å². The topological polar surface area (TPSA) is 124 Å². The first-order valence-electron chi connectivity index (χ1n) is 15.0. The fraction of sp³-hybridized carbons (Fsp3) is 0.364. The van der Waals surface area contributed by atoms with Crippen LogP contribution in [0.3, 0.4) is 0 Å². The molecule has 2 N–H and O–H groups in total. The van der Waals surface area contributed by atoms with Gasteiger partial charge in [-0.3, -0.25) is 9.59 Å². The van der Waals surface area contributed by atoms with Gasteiger partial charge in [0.25, 0.3) is 0 Å². The average molecular weight is 648 g/mol. The molecule has 236 valence electrons. The van der Waals surface area contributed by atoms with E-state index in [1.54, 1.807) is 14.0 Å². The Morgan fingerprint density at radius 2 is 1.76 bits per heavy atom. The zero-order valence-corrected chi connectivity index (χ0v) is 27.1. The number of thiophene rings is 1. The first-order chi connectivity index (χ1) is 21.9. The summed E-state index contributed by atoms with van der Waals surface area (Å²) < 4.78 is 12.5. The van der Waals surface area contributed by atoms with Crippen LogP contribution in [0.4, 0.5) is 5.00 Å². The van der Waals surface area contributed by atoms with Crippen molar-refractivity contribution in [2.75, 3.05) is 24.8 Å². The number of amides is 2. The molecular formula is C33H37N5O5S2. The number of rotatable bonds is 14. The van der Waals surface area contributed by atoms with Crippen LogP contribution >= 0.6 is 23.1 Å². The summed E-state index contributed by atoms with van der Waals surface area (Å²) in [5, 5.41) is 15.8. The highest BCUT2D eigenvalue weighted by Crippen LogP contribution is 2.38. The number of aromatic nitrogens is 3. The highest BCUT2D eigenvalue weighted by atomic mass is 32.2. The van der Waals surface area contributed by atoms with Gasteiger partial charge in [0.1, 0.15) is 10.8 Å². The number of methoxy groups -OCH3 is 1. The van der Waals surface area contributed by atoms with Crippen molar-refractivity contribution in [3.05, 3.63) is 87.6 Å². The Kier molecular flexibility index (Phi) is 11.3. The number of fused-ring (bicyclic) bond motifs is 1. The van der Waals surface area contributed by atoms with E-state index in [-0.39, 0.29) is 43.1 Å². The molecule has 2 aromatic heterocycles. The Labute approximate surface area is 270 Å². The van der Waals surface area contributed by atoms with Gasteiger partial charge in [0.2, 0.25) is 11.8 Å². The summed E-state index contributed by atoms with van der Waals surface area (Å²) in [6, 6.07) is 17.5. The molecule has 0 spiro atoms. The summed E-state index contributed by atoms with van der Waals surface area (Å²) in [5.41, 5.74) is 3.53. The summed E-state index contributed by atoms with van der Waals surface area (Å²) in [5.74, 6) is 0.654. The highest BCUT2D eigenvalue weighted by Gasteiger charge is 2.27. The van der Waals surface area contributed by atoms with Crippen molar-refractivity contribution < 1.29 is 23.9 Å². The van der Waals surface area contributed by atoms with Crippen LogP contribution < -0.4 is 15.4 Å². The molecule has 0 bridgehead atoms. The van der Waals surface area contributed by atoms with Crippen LogP contribution in [0, 0.1) is 0 Å². The number of esters is 1. The van der Waals surface area contributed by atoms with E-state index in [1.807, 2.05) is 47.0 Å². The first kappa shape index (κ1) is 32.2. The second-order valence-corrected chi connectivity index (χ2v) is 12.6. The predicted molar refractivity (Wildman–Crippen MR) is 175 cm³/mol. The maximum Gasteiger partial charge on any atom is 0.341 e. The molecule has 1 aliphatic rings. The van der Waals surface area contributed by atoms with Gasteiger partial charge < -0.3 is 24.7 Å². The van der Waals surface area contributed by atoms with Gasteiger partial charge in [-0.1, -0.05) is 54.2 Å². The molecule has 0 fully saturated rings. The van der Waals surface area contributed by atoms with E-state index in [0.29, 0.717) is 28.1 Å². The molecule has 0 atom stereocenters. The lowest BCUT2D eigenvalue weighted by molar-refractivity contribution is -0.120. The molecule has 2 amide bonds. The lowest BCUT2D eigenvalue weighted by Crippen LogP contribution is -2.26. The molecule has 5 rings (SSSR count). The van der Waals surface area contributed by atoms with Crippen molar-refractivity contribution in [3.63, 3.8) is 0 Å². The van der Waals surface area contributed by atoms with Crippen LogP contribution in [-0.2, 0) is 53.1 Å². The van der Waals surface area contributed by atoms with Gasteiger partial charge in [0.05, 0.1) is 38.0 Å². The minimum absolute atomic E-state index is 0.0815. The second-order valence-electron chi connectivity index (χ2n) is 10.6. The fourth-order valence-electron chi connectivity index (χ4n) is 5.20. The van der Waals surface area contributed by atoms with Gasteiger partial charge >= 0.3 is 5.97 Å². The van der Waals surface area contributed by atoms with Crippen molar-refractivity contribution >= 4 is 45.9 Å². The molecule has 2 heterocycles. The number of aryl methyl sites for hydroxylation is 2. The monoisotopic (exact) mass is 647 g/mol. The van der Waals surface area contributed by atoms with Gasteiger partial charge in [0.15, 0.2) is 11.0 Å². The predicted octanol–water partition coefficient (Wildman–Crippen LogP) is 5.24. The van der Waals surface area contributed by atoms with E-state index in [2.05, 4.69) is 33.0 Å². The fourth-order valence-corrected chi connectivity index (χ4v) is 7.28. The third-order valence-electron chi connectivity index (χ3n) is 7.46. The smallest absolute Gasteiger partial charge is 0.341 e. The minimum Gasteiger partial charge on any atom is -0.497 e. The Hall–Kier alpha value is -4.16. The van der Waals surface area contributed by atoms with Crippen molar-refractivity contribution in [3.8, 4) is 5.75 Å². The van der Waals surface area contributed by atoms with Crippen LogP contribution in [0.5, 0.6) is 5.75 Å². The molecule has 4 aromatic rings. The Morgan fingerprint density at radius 1 is 0.978 bits per heavy atom. The average Bonchev–Trinajstić information content (AvgIpc) is 3.62. The summed E-state index contributed by atoms with van der Waals surface area (Å²) in [7, 11) is 1.60. The Bertz CT molecular complexity index is 1620. The van der Waals surface area contributed by atoms with E-state index >= 15 is 0 Å². The van der Waals surface area contributed by atoms with Gasteiger partial charge in [0, 0.05) is 11.4 Å². The number of ether oxygens (including phenoxy) is 2. The molecule has 12 heteroatoms. The molecule has 0 unspecified atom stereocenters. The maximum absolute atomic E-state index is 13.2. The number of carbonyl (C=O) groups is 3. The number of hydrogen-bond donors (Lipinski definition) is 2. The molecule has 2 aromatic carbocycles. The molecule has 0 saturated carbocycles. The van der Waals surface area contributed by atoms with Gasteiger partial charge in [-0.2, -0.15) is 0 Å². The summed E-state index contributed by atoms with van der Waals surface area (Å²) in [6.45, 7) is 2.83. The SMILES string of the molecule is CCOC(=O)c1c(NC(=O)CSc2nnc(CNC(=O)Cc3ccc(OC)cc3)n2CCc2ccccc2)sc2c1CCCC2. The van der Waals surface area contributed by atoms with Gasteiger partial charge in [-0.05, 0) is 67.9 Å². The number of thioether (sulfide) groups is 1. The normalized spacial score (nSPS) is 12.3. The Morgan fingerprint density at radius 3 is 2.51 bits per heavy atom. The van der Waals surface area contributed by atoms with Crippen LogP contribution in [0.25, 0.3) is 0 Å². The quantitative estimate of drug-likeness (QED) is 0.141. The zero-order chi connectivity index (χ0) is 31.6. The molecular weight excluding hydrogens is 611 g/mol. The lowest BCUT2D eigenvalue weighted by Gasteiger charge is -2.12. The lowest BCUT2D eigenvalue weighted by atomic mass is 9.95. The number of carbonyl (C=O) groups excluding carboxylic acids is 3. The van der Waals surface area contributed by atoms with Crippen LogP contribution in [0.2, 0.25) is 0 Å². The van der Waals surface area contributed by atoms with Gasteiger partial charge in [-0.15, -0.1) is 21.5 Å². The molecule has 45 heavy (non-hydrogen) atoms. The van der Waals surface area contributed by atoms with Crippen LogP contribution in [0.1, 0.15) is 57.5 Å². The van der Waals surface area contributed by atoms with Crippen LogP contribution in [0.15, 0.2) is 59.8 Å². The number of nitrogens with one attached hydrogen (secondary N) is 2. The van der Waals surface area contributed by atoms with Crippen molar-refractivity contribution in [2.45, 2.75) is 63.7 Å². The Balaban J connectivity index is 1.25. The molecule has 0 aliphatic heterocycles. The van der Waals surface area contributed by atoms with Crippen molar-refractivity contribution in [1.82, 2.24) is 20.1 Å². The standard InChI is InChI=1S/C33H37N5O5S2/c1-3-43-32(41)30-25-11-7-8-12-26(25)45-31(30)35-29(40)21-44-33-37-36-27(38(33)18-17-22-9-5-4-6-10-22)20-34-28(39)19-23-13-15-24(42-2)16-14-23/h4-6,9-10,13-16H,3,7-8,11-12,17-21H2,1-2H3,(H,34,39)(H,35,40). The minimum atomic E-state index is -0.390. The van der Waals surface area contributed by atoms with E-state index in [1.165, 1.54) is 23.1 Å². The van der Waals surface area contributed by atoms with E-state index in [0.717, 1.165) is 59.4 Å². The number of nitrogens with zero attached hydrogens (tertiary/aromatic N) is 3. The maximum atomic E-state index is 13.2. The first-order valence-corrected chi connectivity index (χ1v) is 16.8. The van der Waals surface area contributed by atoms with E-state index < -0.39 is 0 Å². The third-order valence-corrected chi connectivity index (χ3v) is 9.64. The third kappa shape index (κ3) is 8.52. The largest absolute Gasteiger partial charge is 0.497 e. The second kappa shape index (κ2) is 15.7. The number of hydrogen-bond acceptors (Lipinski definition) is 9. The van der Waals surface area contributed by atoms with Gasteiger partial charge in [-0.25, -0.2) is 4.79 Å². The van der Waals surface area contributed by atoms with E-state index in [4.69, 9.17) is 9.47 Å². The number of anilines is 1. The number of benzene rings is 2.